The van der Waals surface area contributed by atoms with Gasteiger partial charge in [0.05, 0.1) is 0 Å². The van der Waals surface area contributed by atoms with Crippen LogP contribution in [0.15, 0.2) is 0 Å². The average Bonchev–Trinajstić information content (AvgIpc) is 2.85. The van der Waals surface area contributed by atoms with Crippen LogP contribution < -0.4 is 0 Å². The molecular weight excluding hydrogens is 268 g/mol. The topological polar surface area (TPSA) is 17.1 Å². The van der Waals surface area contributed by atoms with Gasteiger partial charge in [-0.1, -0.05) is 33.6 Å². The summed E-state index contributed by atoms with van der Waals surface area (Å²) < 4.78 is 0. The van der Waals surface area contributed by atoms with Crippen LogP contribution in [-0.2, 0) is 4.79 Å². The molecule has 4 rings (SSSR count). The normalized spacial score (nSPS) is 51.4. The van der Waals surface area contributed by atoms with E-state index in [9.17, 15) is 4.79 Å². The molecule has 1 unspecified atom stereocenters. The second kappa shape index (κ2) is 5.08. The van der Waals surface area contributed by atoms with Crippen molar-refractivity contribution in [3.63, 3.8) is 0 Å². The second-order valence-corrected chi connectivity index (χ2v) is 9.60. The van der Waals surface area contributed by atoms with Gasteiger partial charge in [-0.25, -0.2) is 0 Å². The van der Waals surface area contributed by atoms with Gasteiger partial charge in [-0.05, 0) is 80.0 Å². The lowest BCUT2D eigenvalue weighted by Crippen LogP contribution is -2.54. The summed E-state index contributed by atoms with van der Waals surface area (Å²) in [5.74, 6) is 4.67. The van der Waals surface area contributed by atoms with Crippen LogP contribution in [0.25, 0.3) is 0 Å². The van der Waals surface area contributed by atoms with Crippen molar-refractivity contribution < 1.29 is 4.79 Å². The minimum Gasteiger partial charge on any atom is -0.299 e. The summed E-state index contributed by atoms with van der Waals surface area (Å²) in [4.78, 5) is 12.8. The van der Waals surface area contributed by atoms with E-state index in [1.165, 1.54) is 57.8 Å². The largest absolute Gasteiger partial charge is 0.299 e. The van der Waals surface area contributed by atoms with E-state index in [0.717, 1.165) is 30.1 Å². The highest BCUT2D eigenvalue weighted by Gasteiger charge is 2.62. The zero-order valence-electron chi connectivity index (χ0n) is 14.9. The summed E-state index contributed by atoms with van der Waals surface area (Å²) in [6.07, 6.45) is 13.4. The quantitative estimate of drug-likeness (QED) is 0.614. The maximum atomic E-state index is 12.8. The number of ketones is 1. The van der Waals surface area contributed by atoms with E-state index in [2.05, 4.69) is 20.8 Å². The Morgan fingerprint density at radius 2 is 1.77 bits per heavy atom. The molecule has 0 amide bonds. The molecule has 0 spiro atoms. The molecule has 4 fully saturated rings. The lowest BCUT2D eigenvalue weighted by Gasteiger charge is -2.60. The monoisotopic (exact) mass is 302 g/mol. The minimum absolute atomic E-state index is 0.0685. The van der Waals surface area contributed by atoms with E-state index < -0.39 is 0 Å². The molecule has 0 aromatic carbocycles. The van der Waals surface area contributed by atoms with Crippen LogP contribution >= 0.6 is 0 Å². The fourth-order valence-electron chi connectivity index (χ4n) is 7.84. The van der Waals surface area contributed by atoms with Crippen LogP contribution in [0.5, 0.6) is 0 Å². The molecule has 0 saturated heterocycles. The molecule has 22 heavy (non-hydrogen) atoms. The highest BCUT2D eigenvalue weighted by atomic mass is 16.1. The van der Waals surface area contributed by atoms with E-state index in [0.29, 0.717) is 17.1 Å². The van der Waals surface area contributed by atoms with Crippen molar-refractivity contribution in [3.05, 3.63) is 0 Å². The van der Waals surface area contributed by atoms with Crippen LogP contribution in [0.1, 0.15) is 85.0 Å². The second-order valence-electron chi connectivity index (χ2n) is 9.60. The molecule has 0 heterocycles. The van der Waals surface area contributed by atoms with Crippen LogP contribution in [0.4, 0.5) is 0 Å². The third kappa shape index (κ3) is 1.80. The van der Waals surface area contributed by atoms with Crippen LogP contribution in [0.3, 0.4) is 0 Å². The molecule has 0 bridgehead atoms. The maximum Gasteiger partial charge on any atom is 0.139 e. The number of carbonyl (C=O) groups excluding carboxylic acids is 1. The molecular formula is C21H34O. The van der Waals surface area contributed by atoms with Gasteiger partial charge < -0.3 is 0 Å². The summed E-state index contributed by atoms with van der Waals surface area (Å²) >= 11 is 0. The van der Waals surface area contributed by atoms with Crippen molar-refractivity contribution in [1.82, 2.24) is 0 Å². The highest BCUT2D eigenvalue weighted by Crippen LogP contribution is 2.66. The molecule has 0 aliphatic heterocycles. The molecule has 6 atom stereocenters. The Bertz CT molecular complexity index is 467. The number of hydrogen-bond acceptors (Lipinski definition) is 1. The zero-order chi connectivity index (χ0) is 15.5. The van der Waals surface area contributed by atoms with Crippen molar-refractivity contribution in [2.75, 3.05) is 0 Å². The predicted octanol–water partition coefficient (Wildman–Crippen LogP) is 5.62. The van der Waals surface area contributed by atoms with Crippen molar-refractivity contribution in [2.24, 2.45) is 40.4 Å². The molecule has 0 radical (unpaired) electrons. The number of rotatable bonds is 1. The summed E-state index contributed by atoms with van der Waals surface area (Å²) in [7, 11) is 0. The highest BCUT2D eigenvalue weighted by molar-refractivity contribution is 5.87. The minimum atomic E-state index is 0.0685. The van der Waals surface area contributed by atoms with E-state index in [1.807, 2.05) is 0 Å². The Morgan fingerprint density at radius 3 is 2.55 bits per heavy atom. The third-order valence-corrected chi connectivity index (χ3v) is 8.94. The molecule has 124 valence electrons. The average molecular weight is 303 g/mol. The molecule has 4 aliphatic rings. The van der Waals surface area contributed by atoms with Gasteiger partial charge in [0.2, 0.25) is 0 Å². The first-order chi connectivity index (χ1) is 10.5. The Kier molecular flexibility index (Phi) is 3.51. The SMILES string of the molecule is CC(C)[C@]12CC[C@H]3[C@@H](CCC4CCCC[C@@]43C)[C@@H]1CCC2=O. The Labute approximate surface area is 136 Å². The van der Waals surface area contributed by atoms with Crippen LogP contribution in [-0.4, -0.2) is 5.78 Å². The van der Waals surface area contributed by atoms with Gasteiger partial charge in [0, 0.05) is 11.8 Å². The lowest BCUT2D eigenvalue weighted by molar-refractivity contribution is -0.147. The van der Waals surface area contributed by atoms with E-state index >= 15 is 0 Å². The fraction of sp³-hybridized carbons (Fsp3) is 0.952. The lowest BCUT2D eigenvalue weighted by atomic mass is 9.44. The predicted molar refractivity (Wildman–Crippen MR) is 90.5 cm³/mol. The van der Waals surface area contributed by atoms with Crippen molar-refractivity contribution in [1.29, 1.82) is 0 Å². The summed E-state index contributed by atoms with van der Waals surface area (Å²) in [5, 5.41) is 0. The third-order valence-electron chi connectivity index (χ3n) is 8.94. The molecule has 1 nitrogen and oxygen atoms in total. The molecule has 0 aromatic heterocycles. The van der Waals surface area contributed by atoms with Gasteiger partial charge >= 0.3 is 0 Å². The van der Waals surface area contributed by atoms with Gasteiger partial charge in [0.25, 0.3) is 0 Å². The van der Waals surface area contributed by atoms with Gasteiger partial charge in [-0.3, -0.25) is 4.79 Å². The molecule has 4 aliphatic carbocycles. The van der Waals surface area contributed by atoms with Crippen LogP contribution in [0, 0.1) is 40.4 Å². The number of carbonyl (C=O) groups is 1. The molecule has 4 saturated carbocycles. The number of hydrogen-bond donors (Lipinski definition) is 0. The Hall–Kier alpha value is -0.330. The van der Waals surface area contributed by atoms with E-state index in [4.69, 9.17) is 0 Å². The Morgan fingerprint density at radius 1 is 0.955 bits per heavy atom. The molecule has 0 aromatic rings. The zero-order valence-corrected chi connectivity index (χ0v) is 14.9. The van der Waals surface area contributed by atoms with Gasteiger partial charge in [-0.2, -0.15) is 0 Å². The summed E-state index contributed by atoms with van der Waals surface area (Å²) in [6, 6.07) is 0. The first kappa shape index (κ1) is 15.2. The molecule has 0 N–H and O–H groups in total. The van der Waals surface area contributed by atoms with Gasteiger partial charge in [0.15, 0.2) is 0 Å². The van der Waals surface area contributed by atoms with Gasteiger partial charge in [0.1, 0.15) is 5.78 Å². The maximum absolute atomic E-state index is 12.8. The number of fused-ring (bicyclic) bond motifs is 5. The standard InChI is InChI=1S/C21H34O/c1-14(2)21-13-11-17-16(18(21)9-10-19(21)22)8-7-15-6-4-5-12-20(15,17)3/h14-18H,4-13H2,1-3H3/t15?,16-,17+,18+,20+,21-/m1/s1. The van der Waals surface area contributed by atoms with E-state index in [1.54, 1.807) is 0 Å². The van der Waals surface area contributed by atoms with Crippen LogP contribution in [0.2, 0.25) is 0 Å². The van der Waals surface area contributed by atoms with E-state index in [-0.39, 0.29) is 5.41 Å². The number of Topliss-reactive ketones (excluding diaryl/α,β-unsaturated/α-hetero) is 1. The van der Waals surface area contributed by atoms with Crippen molar-refractivity contribution in [3.8, 4) is 0 Å². The smallest absolute Gasteiger partial charge is 0.139 e. The fourth-order valence-corrected chi connectivity index (χ4v) is 7.84. The Balaban J connectivity index is 1.68. The van der Waals surface area contributed by atoms with Gasteiger partial charge in [-0.15, -0.1) is 0 Å². The molecule has 1 heteroatoms. The summed E-state index contributed by atoms with van der Waals surface area (Å²) in [6.45, 7) is 7.28. The van der Waals surface area contributed by atoms with Crippen molar-refractivity contribution >= 4 is 5.78 Å². The first-order valence-corrected chi connectivity index (χ1v) is 10.0. The first-order valence-electron chi connectivity index (χ1n) is 10.0. The van der Waals surface area contributed by atoms with Crippen molar-refractivity contribution in [2.45, 2.75) is 85.0 Å². The summed E-state index contributed by atoms with van der Waals surface area (Å²) in [5.41, 5.74) is 0.676.